The average molecular weight is 153 g/mol. The molecule has 0 radical (unpaired) electrons. The molecular formula is C9H15NO. The van der Waals surface area contributed by atoms with Crippen LogP contribution < -0.4 is 5.32 Å². The van der Waals surface area contributed by atoms with E-state index in [9.17, 15) is 4.79 Å². The van der Waals surface area contributed by atoms with Crippen LogP contribution >= 0.6 is 0 Å². The van der Waals surface area contributed by atoms with Gasteiger partial charge in [0.05, 0.1) is 0 Å². The molecule has 0 saturated carbocycles. The summed E-state index contributed by atoms with van der Waals surface area (Å²) in [6.45, 7) is 7.79. The lowest BCUT2D eigenvalue weighted by Crippen LogP contribution is -2.42. The molecule has 0 aliphatic carbocycles. The number of rotatable bonds is 1. The van der Waals surface area contributed by atoms with Crippen LogP contribution in [0.2, 0.25) is 0 Å². The number of hydrogen-bond acceptors (Lipinski definition) is 1. The Hall–Kier alpha value is -0.790. The van der Waals surface area contributed by atoms with E-state index in [2.05, 4.69) is 11.9 Å². The van der Waals surface area contributed by atoms with Crippen molar-refractivity contribution in [3.63, 3.8) is 0 Å². The fourth-order valence-corrected chi connectivity index (χ4v) is 1.25. The molecule has 0 spiro atoms. The monoisotopic (exact) mass is 153 g/mol. The third-order valence-electron chi connectivity index (χ3n) is 2.60. The first-order chi connectivity index (χ1) is 5.08. The Balaban J connectivity index is 2.71. The van der Waals surface area contributed by atoms with Crippen LogP contribution in [0, 0.1) is 5.41 Å². The quantitative estimate of drug-likeness (QED) is 0.611. The Kier molecular flexibility index (Phi) is 2.03. The Morgan fingerprint density at radius 3 is 2.82 bits per heavy atom. The minimum Gasteiger partial charge on any atom is -0.330 e. The lowest BCUT2D eigenvalue weighted by Gasteiger charge is -2.32. The van der Waals surface area contributed by atoms with Crippen molar-refractivity contribution in [3.8, 4) is 0 Å². The zero-order valence-corrected chi connectivity index (χ0v) is 7.24. The molecule has 1 unspecified atom stereocenters. The first-order valence-corrected chi connectivity index (χ1v) is 4.08. The molecule has 62 valence electrons. The highest BCUT2D eigenvalue weighted by Gasteiger charge is 2.34. The summed E-state index contributed by atoms with van der Waals surface area (Å²) in [5.41, 5.74) is 0.710. The van der Waals surface area contributed by atoms with Crippen molar-refractivity contribution in [2.24, 2.45) is 5.41 Å². The van der Waals surface area contributed by atoms with Gasteiger partial charge in [0, 0.05) is 11.1 Å². The summed E-state index contributed by atoms with van der Waals surface area (Å²) < 4.78 is 0. The Bertz CT molecular complexity index is 198. The number of piperidine rings is 1. The number of nitrogens with one attached hydrogen (secondary N) is 1. The van der Waals surface area contributed by atoms with Crippen LogP contribution in [0.15, 0.2) is 12.3 Å². The average Bonchev–Trinajstić information content (AvgIpc) is 1.98. The van der Waals surface area contributed by atoms with Crippen LogP contribution in [0.25, 0.3) is 0 Å². The smallest absolute Gasteiger partial charge is 0.230 e. The van der Waals surface area contributed by atoms with Gasteiger partial charge in [-0.15, -0.1) is 0 Å². The van der Waals surface area contributed by atoms with E-state index in [0.29, 0.717) is 0 Å². The molecule has 0 aromatic rings. The van der Waals surface area contributed by atoms with Crippen molar-refractivity contribution >= 4 is 5.91 Å². The molecule has 0 aromatic carbocycles. The summed E-state index contributed by atoms with van der Waals surface area (Å²) in [6.07, 6.45) is 2.77. The lowest BCUT2D eigenvalue weighted by molar-refractivity contribution is -0.131. The molecular weight excluding hydrogens is 138 g/mol. The standard InChI is InChI=1S/C9H15NO/c1-4-9(3)6-5-7(2)10-8(9)11/h2,4-6H2,1,3H3,(H,10,11). The van der Waals surface area contributed by atoms with E-state index in [1.54, 1.807) is 0 Å². The van der Waals surface area contributed by atoms with E-state index >= 15 is 0 Å². The van der Waals surface area contributed by atoms with E-state index < -0.39 is 0 Å². The van der Waals surface area contributed by atoms with Crippen LogP contribution in [0.1, 0.15) is 33.1 Å². The molecule has 2 nitrogen and oxygen atoms in total. The van der Waals surface area contributed by atoms with E-state index in [0.717, 1.165) is 25.0 Å². The summed E-state index contributed by atoms with van der Waals surface area (Å²) >= 11 is 0. The highest BCUT2D eigenvalue weighted by molar-refractivity contribution is 5.84. The molecule has 1 fully saturated rings. The van der Waals surface area contributed by atoms with Crippen LogP contribution in [-0.2, 0) is 4.79 Å². The fourth-order valence-electron chi connectivity index (χ4n) is 1.25. The van der Waals surface area contributed by atoms with Crippen molar-refractivity contribution in [1.29, 1.82) is 0 Å². The van der Waals surface area contributed by atoms with Gasteiger partial charge in [-0.3, -0.25) is 4.79 Å². The first kappa shape index (κ1) is 8.31. The van der Waals surface area contributed by atoms with Gasteiger partial charge in [0.25, 0.3) is 0 Å². The minimum atomic E-state index is -0.152. The molecule has 1 N–H and O–H groups in total. The van der Waals surface area contributed by atoms with Gasteiger partial charge in [-0.25, -0.2) is 0 Å². The summed E-state index contributed by atoms with van der Waals surface area (Å²) in [4.78, 5) is 11.4. The topological polar surface area (TPSA) is 29.1 Å². The van der Waals surface area contributed by atoms with E-state index in [-0.39, 0.29) is 11.3 Å². The predicted octanol–water partition coefficient (Wildman–Crippen LogP) is 1.83. The molecule has 1 aliphatic rings. The van der Waals surface area contributed by atoms with Gasteiger partial charge in [0.1, 0.15) is 0 Å². The van der Waals surface area contributed by atoms with Crippen molar-refractivity contribution < 1.29 is 4.79 Å². The molecule has 0 bridgehead atoms. The molecule has 1 rings (SSSR count). The van der Waals surface area contributed by atoms with Crippen molar-refractivity contribution in [2.75, 3.05) is 0 Å². The maximum absolute atomic E-state index is 11.4. The van der Waals surface area contributed by atoms with Crippen molar-refractivity contribution in [3.05, 3.63) is 12.3 Å². The van der Waals surface area contributed by atoms with Gasteiger partial charge in [-0.05, 0) is 19.3 Å². The Morgan fingerprint density at radius 2 is 2.36 bits per heavy atom. The summed E-state index contributed by atoms with van der Waals surface area (Å²) in [5, 5.41) is 2.79. The molecule has 1 aliphatic heterocycles. The number of amides is 1. The maximum Gasteiger partial charge on any atom is 0.230 e. The van der Waals surface area contributed by atoms with E-state index in [1.807, 2.05) is 13.8 Å². The van der Waals surface area contributed by atoms with Gasteiger partial charge in [0.15, 0.2) is 0 Å². The first-order valence-electron chi connectivity index (χ1n) is 4.08. The number of carbonyl (C=O) groups excluding carboxylic acids is 1. The molecule has 1 atom stereocenters. The van der Waals surface area contributed by atoms with Crippen LogP contribution in [-0.4, -0.2) is 5.91 Å². The zero-order chi connectivity index (χ0) is 8.48. The van der Waals surface area contributed by atoms with Crippen LogP contribution in [0.5, 0.6) is 0 Å². The van der Waals surface area contributed by atoms with Gasteiger partial charge in [0.2, 0.25) is 5.91 Å². The van der Waals surface area contributed by atoms with Gasteiger partial charge in [-0.2, -0.15) is 0 Å². The fraction of sp³-hybridized carbons (Fsp3) is 0.667. The van der Waals surface area contributed by atoms with Gasteiger partial charge < -0.3 is 5.32 Å². The van der Waals surface area contributed by atoms with Crippen molar-refractivity contribution in [2.45, 2.75) is 33.1 Å². The lowest BCUT2D eigenvalue weighted by atomic mass is 9.79. The molecule has 11 heavy (non-hydrogen) atoms. The minimum absolute atomic E-state index is 0.135. The predicted molar refractivity (Wildman–Crippen MR) is 44.9 cm³/mol. The highest BCUT2D eigenvalue weighted by Crippen LogP contribution is 2.32. The number of allylic oxidation sites excluding steroid dienone is 1. The molecule has 0 aromatic heterocycles. The molecule has 1 amide bonds. The summed E-state index contributed by atoms with van der Waals surface area (Å²) in [5.74, 6) is 0.135. The normalized spacial score (nSPS) is 31.8. The largest absolute Gasteiger partial charge is 0.330 e. The zero-order valence-electron chi connectivity index (χ0n) is 7.24. The van der Waals surface area contributed by atoms with Gasteiger partial charge in [-0.1, -0.05) is 20.4 Å². The van der Waals surface area contributed by atoms with Crippen molar-refractivity contribution in [1.82, 2.24) is 5.32 Å². The maximum atomic E-state index is 11.4. The highest BCUT2D eigenvalue weighted by atomic mass is 16.2. The van der Waals surface area contributed by atoms with Crippen LogP contribution in [0.4, 0.5) is 0 Å². The third-order valence-corrected chi connectivity index (χ3v) is 2.60. The molecule has 1 heterocycles. The Morgan fingerprint density at radius 1 is 1.73 bits per heavy atom. The summed E-state index contributed by atoms with van der Waals surface area (Å²) in [7, 11) is 0. The van der Waals surface area contributed by atoms with E-state index in [4.69, 9.17) is 0 Å². The second-order valence-corrected chi connectivity index (χ2v) is 3.47. The number of carbonyl (C=O) groups is 1. The second-order valence-electron chi connectivity index (χ2n) is 3.47. The summed E-state index contributed by atoms with van der Waals surface area (Å²) in [6, 6.07) is 0. The Labute approximate surface area is 67.7 Å². The van der Waals surface area contributed by atoms with E-state index in [1.165, 1.54) is 0 Å². The molecule has 1 saturated heterocycles. The second kappa shape index (κ2) is 2.68. The van der Waals surface area contributed by atoms with Gasteiger partial charge >= 0.3 is 0 Å². The SMILES string of the molecule is C=C1CCC(C)(CC)C(=O)N1. The number of hydrogen-bond donors (Lipinski definition) is 1. The molecule has 2 heteroatoms. The van der Waals surface area contributed by atoms with Crippen LogP contribution in [0.3, 0.4) is 0 Å². The third kappa shape index (κ3) is 1.44.